The van der Waals surface area contributed by atoms with Crippen LogP contribution in [0.15, 0.2) is 24.3 Å². The zero-order chi connectivity index (χ0) is 15.2. The van der Waals surface area contributed by atoms with Crippen LogP contribution in [0, 0.1) is 11.3 Å². The summed E-state index contributed by atoms with van der Waals surface area (Å²) in [5.41, 5.74) is 0.722. The normalized spacial score (nSPS) is 12.8. The van der Waals surface area contributed by atoms with Crippen LogP contribution in [0.3, 0.4) is 0 Å². The quantitative estimate of drug-likeness (QED) is 0.711. The lowest BCUT2D eigenvalue weighted by Crippen LogP contribution is -2.33. The number of hydrogen-bond acceptors (Lipinski definition) is 3. The number of ether oxygens (including phenoxy) is 2. The van der Waals surface area contributed by atoms with Gasteiger partial charge in [-0.05, 0) is 51.2 Å². The number of rotatable bonds is 7. The Morgan fingerprint density at radius 3 is 2.55 bits per heavy atom. The molecule has 0 radical (unpaired) electrons. The van der Waals surface area contributed by atoms with Crippen molar-refractivity contribution in [3.8, 4) is 5.75 Å². The first-order valence-electron chi connectivity index (χ1n) is 7.22. The Bertz CT molecular complexity index is 438. The number of aryl methyl sites for hydroxylation is 1. The van der Waals surface area contributed by atoms with Gasteiger partial charge in [0.1, 0.15) is 5.75 Å². The lowest BCUT2D eigenvalue weighted by molar-refractivity contribution is -0.156. The highest BCUT2D eigenvalue weighted by molar-refractivity contribution is 5.76. The summed E-state index contributed by atoms with van der Waals surface area (Å²) < 4.78 is 10.5. The van der Waals surface area contributed by atoms with Crippen molar-refractivity contribution in [3.05, 3.63) is 29.8 Å². The molecule has 0 saturated carbocycles. The van der Waals surface area contributed by atoms with Crippen LogP contribution in [0.25, 0.3) is 0 Å². The lowest BCUT2D eigenvalue weighted by atomic mass is 9.77. The third-order valence-corrected chi connectivity index (χ3v) is 4.07. The van der Waals surface area contributed by atoms with Crippen molar-refractivity contribution in [1.29, 1.82) is 0 Å². The number of carbonyl (C=O) groups is 1. The van der Waals surface area contributed by atoms with Gasteiger partial charge in [-0.1, -0.05) is 25.1 Å². The van der Waals surface area contributed by atoms with Crippen LogP contribution >= 0.6 is 0 Å². The average Bonchev–Trinajstić information content (AvgIpc) is 2.45. The molecule has 3 heteroatoms. The Morgan fingerprint density at radius 1 is 1.30 bits per heavy atom. The molecule has 1 unspecified atom stereocenters. The maximum atomic E-state index is 12.0. The number of para-hydroxylation sites is 1. The predicted octanol–water partition coefficient (Wildman–Crippen LogP) is 3.85. The summed E-state index contributed by atoms with van der Waals surface area (Å²) in [7, 11) is 1.69. The second kappa shape index (κ2) is 7.32. The largest absolute Gasteiger partial charge is 0.496 e. The number of carbonyl (C=O) groups excluding carboxylic acids is 1. The minimum Gasteiger partial charge on any atom is -0.496 e. The zero-order valence-corrected chi connectivity index (χ0v) is 13.2. The summed E-state index contributed by atoms with van der Waals surface area (Å²) in [4.78, 5) is 12.0. The highest BCUT2D eigenvalue weighted by Gasteiger charge is 2.35. The molecule has 1 aromatic rings. The third kappa shape index (κ3) is 3.99. The van der Waals surface area contributed by atoms with E-state index >= 15 is 0 Å². The standard InChI is InChI=1S/C17H26O3/c1-6-20-16(18)17(3,4)13(2)11-12-14-9-7-8-10-15(14)19-5/h7-10,13H,6,11-12H2,1-5H3. The van der Waals surface area contributed by atoms with Crippen LogP contribution in [0.1, 0.15) is 39.7 Å². The third-order valence-electron chi connectivity index (χ3n) is 4.07. The summed E-state index contributed by atoms with van der Waals surface area (Å²) in [6, 6.07) is 8.02. The molecule has 0 bridgehead atoms. The van der Waals surface area contributed by atoms with Crippen molar-refractivity contribution >= 4 is 5.97 Å². The topological polar surface area (TPSA) is 35.5 Å². The highest BCUT2D eigenvalue weighted by atomic mass is 16.5. The molecule has 1 aromatic carbocycles. The van der Waals surface area contributed by atoms with Crippen LogP contribution in [-0.2, 0) is 16.0 Å². The summed E-state index contributed by atoms with van der Waals surface area (Å²) in [6.07, 6.45) is 1.82. The van der Waals surface area contributed by atoms with E-state index in [0.717, 1.165) is 18.6 Å². The summed E-state index contributed by atoms with van der Waals surface area (Å²) >= 11 is 0. The van der Waals surface area contributed by atoms with Gasteiger partial charge >= 0.3 is 5.97 Å². The van der Waals surface area contributed by atoms with E-state index in [4.69, 9.17) is 9.47 Å². The highest BCUT2D eigenvalue weighted by Crippen LogP contribution is 2.32. The van der Waals surface area contributed by atoms with E-state index in [0.29, 0.717) is 6.61 Å². The van der Waals surface area contributed by atoms with Gasteiger partial charge < -0.3 is 9.47 Å². The molecular formula is C17H26O3. The van der Waals surface area contributed by atoms with E-state index in [2.05, 4.69) is 13.0 Å². The van der Waals surface area contributed by atoms with Crippen molar-refractivity contribution in [2.45, 2.75) is 40.5 Å². The Morgan fingerprint density at radius 2 is 1.95 bits per heavy atom. The first kappa shape index (κ1) is 16.5. The van der Waals surface area contributed by atoms with E-state index in [9.17, 15) is 4.79 Å². The molecule has 20 heavy (non-hydrogen) atoms. The van der Waals surface area contributed by atoms with Gasteiger partial charge in [0.05, 0.1) is 19.1 Å². The van der Waals surface area contributed by atoms with Gasteiger partial charge in [-0.25, -0.2) is 0 Å². The second-order valence-electron chi connectivity index (χ2n) is 5.69. The molecule has 0 spiro atoms. The Labute approximate surface area is 122 Å². The smallest absolute Gasteiger partial charge is 0.311 e. The first-order valence-corrected chi connectivity index (χ1v) is 7.22. The van der Waals surface area contributed by atoms with E-state index in [-0.39, 0.29) is 11.9 Å². The number of benzene rings is 1. The summed E-state index contributed by atoms with van der Waals surface area (Å²) in [5.74, 6) is 1.03. The van der Waals surface area contributed by atoms with Crippen molar-refractivity contribution < 1.29 is 14.3 Å². The van der Waals surface area contributed by atoms with Gasteiger partial charge in [0.15, 0.2) is 0 Å². The molecule has 0 amide bonds. The van der Waals surface area contributed by atoms with E-state index in [1.165, 1.54) is 5.56 Å². The van der Waals surface area contributed by atoms with Gasteiger partial charge in [-0.3, -0.25) is 4.79 Å². The summed E-state index contributed by atoms with van der Waals surface area (Å²) in [5, 5.41) is 0. The van der Waals surface area contributed by atoms with Crippen LogP contribution in [0.4, 0.5) is 0 Å². The van der Waals surface area contributed by atoms with Crippen molar-refractivity contribution in [3.63, 3.8) is 0 Å². The fourth-order valence-electron chi connectivity index (χ4n) is 2.16. The summed E-state index contributed by atoms with van der Waals surface area (Å²) in [6.45, 7) is 8.29. The van der Waals surface area contributed by atoms with Gasteiger partial charge in [-0.2, -0.15) is 0 Å². The maximum absolute atomic E-state index is 12.0. The monoisotopic (exact) mass is 278 g/mol. The fourth-order valence-corrected chi connectivity index (χ4v) is 2.16. The van der Waals surface area contributed by atoms with Gasteiger partial charge in [0, 0.05) is 0 Å². The number of hydrogen-bond donors (Lipinski definition) is 0. The minimum atomic E-state index is -0.460. The van der Waals surface area contributed by atoms with Crippen molar-refractivity contribution in [2.75, 3.05) is 13.7 Å². The lowest BCUT2D eigenvalue weighted by Gasteiger charge is -2.29. The van der Waals surface area contributed by atoms with Crippen LogP contribution in [0.2, 0.25) is 0 Å². The van der Waals surface area contributed by atoms with Crippen LogP contribution < -0.4 is 4.74 Å². The van der Waals surface area contributed by atoms with Gasteiger partial charge in [-0.15, -0.1) is 0 Å². The Balaban J connectivity index is 2.66. The minimum absolute atomic E-state index is 0.118. The molecular weight excluding hydrogens is 252 g/mol. The molecule has 0 aliphatic carbocycles. The number of methoxy groups -OCH3 is 1. The van der Waals surface area contributed by atoms with Crippen LogP contribution in [-0.4, -0.2) is 19.7 Å². The molecule has 0 aliphatic heterocycles. The molecule has 0 heterocycles. The van der Waals surface area contributed by atoms with E-state index < -0.39 is 5.41 Å². The Kier molecular flexibility index (Phi) is 6.05. The number of esters is 1. The average molecular weight is 278 g/mol. The van der Waals surface area contributed by atoms with E-state index in [1.54, 1.807) is 7.11 Å². The van der Waals surface area contributed by atoms with Crippen molar-refractivity contribution in [2.24, 2.45) is 11.3 Å². The Hall–Kier alpha value is -1.51. The second-order valence-corrected chi connectivity index (χ2v) is 5.69. The molecule has 0 aromatic heterocycles. The molecule has 0 aliphatic rings. The first-order chi connectivity index (χ1) is 9.43. The zero-order valence-electron chi connectivity index (χ0n) is 13.2. The molecule has 0 saturated heterocycles. The van der Waals surface area contributed by atoms with E-state index in [1.807, 2.05) is 39.0 Å². The molecule has 112 valence electrons. The molecule has 1 atom stereocenters. The molecule has 0 fully saturated rings. The van der Waals surface area contributed by atoms with Crippen LogP contribution in [0.5, 0.6) is 5.75 Å². The SMILES string of the molecule is CCOC(=O)C(C)(C)C(C)CCc1ccccc1OC. The predicted molar refractivity (Wildman–Crippen MR) is 80.9 cm³/mol. The van der Waals surface area contributed by atoms with Gasteiger partial charge in [0.25, 0.3) is 0 Å². The van der Waals surface area contributed by atoms with Gasteiger partial charge in [0.2, 0.25) is 0 Å². The maximum Gasteiger partial charge on any atom is 0.311 e. The molecule has 1 rings (SSSR count). The van der Waals surface area contributed by atoms with Crippen molar-refractivity contribution in [1.82, 2.24) is 0 Å². The molecule has 0 N–H and O–H groups in total. The molecule has 3 nitrogen and oxygen atoms in total. The fraction of sp³-hybridized carbons (Fsp3) is 0.588.